The highest BCUT2D eigenvalue weighted by atomic mass is 32.1. The first-order valence-electron chi connectivity index (χ1n) is 5.42. The van der Waals surface area contributed by atoms with Crippen LogP contribution in [0.15, 0.2) is 0 Å². The summed E-state index contributed by atoms with van der Waals surface area (Å²) in [7, 11) is 0. The number of aromatic amines is 2. The fraction of sp³-hybridized carbons (Fsp3) is 0.500. The highest BCUT2D eigenvalue weighted by molar-refractivity contribution is 7.71. The third-order valence-corrected chi connectivity index (χ3v) is 4.10. The largest absolute Gasteiger partial charge is 0.281 e. The minimum absolute atomic E-state index is 0.503. The van der Waals surface area contributed by atoms with Crippen LogP contribution in [0, 0.1) is 4.77 Å². The Hall–Kier alpha value is -1.01. The van der Waals surface area contributed by atoms with E-state index < -0.39 is 0 Å². The van der Waals surface area contributed by atoms with Gasteiger partial charge in [-0.15, -0.1) is 11.3 Å². The van der Waals surface area contributed by atoms with Crippen molar-refractivity contribution in [3.63, 3.8) is 0 Å². The molecule has 1 saturated carbocycles. The van der Waals surface area contributed by atoms with Gasteiger partial charge in [-0.1, -0.05) is 6.92 Å². The second kappa shape index (κ2) is 3.78. The molecule has 2 N–H and O–H groups in total. The molecular weight excluding hydrogens is 240 g/mol. The Morgan fingerprint density at radius 1 is 1.38 bits per heavy atom. The molecule has 0 aromatic carbocycles. The van der Waals surface area contributed by atoms with Crippen LogP contribution in [0.1, 0.15) is 36.4 Å². The van der Waals surface area contributed by atoms with E-state index in [9.17, 15) is 0 Å². The molecule has 0 spiro atoms. The lowest BCUT2D eigenvalue weighted by atomic mass is 10.2. The van der Waals surface area contributed by atoms with Crippen LogP contribution in [0.5, 0.6) is 0 Å². The quantitative estimate of drug-likeness (QED) is 0.825. The molecule has 2 heterocycles. The summed E-state index contributed by atoms with van der Waals surface area (Å²) in [6.07, 6.45) is 3.49. The lowest BCUT2D eigenvalue weighted by Gasteiger charge is -1.94. The molecule has 1 fully saturated rings. The summed E-state index contributed by atoms with van der Waals surface area (Å²) < 4.78 is 0.503. The first kappa shape index (κ1) is 10.2. The zero-order valence-electron chi connectivity index (χ0n) is 8.91. The maximum absolute atomic E-state index is 4.98. The third-order valence-electron chi connectivity index (χ3n) is 2.68. The number of H-pyrrole nitrogens is 2. The second-order valence-electron chi connectivity index (χ2n) is 3.97. The number of hydrogen-bond donors (Lipinski definition) is 2. The number of aryl methyl sites for hydroxylation is 1. The van der Waals surface area contributed by atoms with E-state index in [1.54, 1.807) is 11.3 Å². The highest BCUT2D eigenvalue weighted by Gasteiger charge is 2.30. The Balaban J connectivity index is 2.10. The van der Waals surface area contributed by atoms with Crippen molar-refractivity contribution in [2.24, 2.45) is 0 Å². The Morgan fingerprint density at radius 3 is 2.75 bits per heavy atom. The molecule has 84 valence electrons. The van der Waals surface area contributed by atoms with Crippen LogP contribution in [0.25, 0.3) is 10.7 Å². The van der Waals surface area contributed by atoms with Crippen molar-refractivity contribution >= 4 is 23.6 Å². The van der Waals surface area contributed by atoms with Crippen molar-refractivity contribution in [3.8, 4) is 10.7 Å². The average Bonchev–Trinajstić information content (AvgIpc) is 2.89. The predicted octanol–water partition coefficient (Wildman–Crippen LogP) is 3.03. The van der Waals surface area contributed by atoms with Crippen LogP contribution >= 0.6 is 23.6 Å². The van der Waals surface area contributed by atoms with Gasteiger partial charge in [-0.2, -0.15) is 4.98 Å². The zero-order chi connectivity index (χ0) is 11.1. The monoisotopic (exact) mass is 252 g/mol. The molecule has 0 bridgehead atoms. The summed E-state index contributed by atoms with van der Waals surface area (Å²) in [4.78, 5) is 10.1. The molecule has 3 rings (SSSR count). The Kier molecular flexibility index (Phi) is 2.40. The molecule has 0 aliphatic heterocycles. The lowest BCUT2D eigenvalue weighted by molar-refractivity contribution is 0.991. The molecular formula is C10H12N4S2. The normalized spacial score (nSPS) is 15.6. The summed E-state index contributed by atoms with van der Waals surface area (Å²) in [6, 6.07) is 0. The molecule has 0 amide bonds. The maximum atomic E-state index is 4.98. The summed E-state index contributed by atoms with van der Waals surface area (Å²) in [6.45, 7) is 2.13. The van der Waals surface area contributed by atoms with E-state index in [0.29, 0.717) is 10.7 Å². The van der Waals surface area contributed by atoms with E-state index in [-0.39, 0.29) is 0 Å². The second-order valence-corrected chi connectivity index (χ2v) is 5.44. The molecule has 6 heteroatoms. The van der Waals surface area contributed by atoms with E-state index in [2.05, 4.69) is 27.1 Å². The van der Waals surface area contributed by atoms with Gasteiger partial charge < -0.3 is 0 Å². The van der Waals surface area contributed by atoms with E-state index in [1.807, 2.05) is 0 Å². The van der Waals surface area contributed by atoms with Gasteiger partial charge in [0, 0.05) is 5.92 Å². The average molecular weight is 252 g/mol. The first-order valence-corrected chi connectivity index (χ1v) is 6.65. The van der Waals surface area contributed by atoms with Crippen LogP contribution < -0.4 is 0 Å². The number of nitrogens with one attached hydrogen (secondary N) is 2. The van der Waals surface area contributed by atoms with Crippen molar-refractivity contribution in [1.82, 2.24) is 20.2 Å². The number of thiazole rings is 1. The van der Waals surface area contributed by atoms with Crippen LogP contribution in [0.2, 0.25) is 0 Å². The van der Waals surface area contributed by atoms with Gasteiger partial charge in [0.05, 0.1) is 15.6 Å². The Morgan fingerprint density at radius 2 is 2.19 bits per heavy atom. The van der Waals surface area contributed by atoms with Gasteiger partial charge in [-0.05, 0) is 31.5 Å². The van der Waals surface area contributed by atoms with Crippen LogP contribution in [0.4, 0.5) is 0 Å². The van der Waals surface area contributed by atoms with Gasteiger partial charge in [0.1, 0.15) is 0 Å². The van der Waals surface area contributed by atoms with Crippen molar-refractivity contribution in [2.75, 3.05) is 0 Å². The Bertz CT molecular complexity index is 561. The van der Waals surface area contributed by atoms with Crippen molar-refractivity contribution in [3.05, 3.63) is 15.5 Å². The van der Waals surface area contributed by atoms with Crippen molar-refractivity contribution in [2.45, 2.75) is 32.1 Å². The molecule has 0 radical (unpaired) electrons. The van der Waals surface area contributed by atoms with E-state index in [1.165, 1.54) is 23.5 Å². The number of aromatic nitrogens is 4. The molecule has 2 aromatic heterocycles. The number of nitrogens with zero attached hydrogens (tertiary/aromatic N) is 2. The highest BCUT2D eigenvalue weighted by Crippen LogP contribution is 2.45. The first-order chi connectivity index (χ1) is 7.78. The van der Waals surface area contributed by atoms with Gasteiger partial charge in [-0.3, -0.25) is 10.2 Å². The van der Waals surface area contributed by atoms with E-state index in [0.717, 1.165) is 17.1 Å². The minimum atomic E-state index is 0.503. The molecule has 2 aromatic rings. The molecule has 0 atom stereocenters. The third kappa shape index (κ3) is 1.72. The van der Waals surface area contributed by atoms with Gasteiger partial charge in [-0.25, -0.2) is 4.98 Å². The molecule has 16 heavy (non-hydrogen) atoms. The van der Waals surface area contributed by atoms with Crippen LogP contribution in [-0.4, -0.2) is 20.2 Å². The summed E-state index contributed by atoms with van der Waals surface area (Å²) in [5, 5.41) is 7.03. The standard InChI is InChI=1S/C10H12N4S2/c1-2-6-11-7(5-3-4-5)8(16-6)9-12-10(15)14-13-9/h5H,2-4H2,1H3,(H2,12,13,14,15). The van der Waals surface area contributed by atoms with Crippen LogP contribution in [0.3, 0.4) is 0 Å². The zero-order valence-corrected chi connectivity index (χ0v) is 10.5. The SMILES string of the molecule is CCc1nc(C2CC2)c(-c2nc(=S)[nH][nH]2)s1. The molecule has 0 unspecified atom stereocenters. The van der Waals surface area contributed by atoms with Gasteiger partial charge in [0.15, 0.2) is 5.82 Å². The predicted molar refractivity (Wildman–Crippen MR) is 66.2 cm³/mol. The maximum Gasteiger partial charge on any atom is 0.213 e. The molecule has 1 aliphatic rings. The topological polar surface area (TPSA) is 57.4 Å². The number of hydrogen-bond acceptors (Lipinski definition) is 4. The van der Waals surface area contributed by atoms with E-state index >= 15 is 0 Å². The number of rotatable bonds is 3. The van der Waals surface area contributed by atoms with Crippen molar-refractivity contribution < 1.29 is 0 Å². The minimum Gasteiger partial charge on any atom is -0.281 e. The summed E-state index contributed by atoms with van der Waals surface area (Å²) in [5.74, 6) is 1.48. The van der Waals surface area contributed by atoms with Gasteiger partial charge in [0.2, 0.25) is 4.77 Å². The van der Waals surface area contributed by atoms with E-state index in [4.69, 9.17) is 12.2 Å². The van der Waals surface area contributed by atoms with Crippen molar-refractivity contribution in [1.29, 1.82) is 0 Å². The smallest absolute Gasteiger partial charge is 0.213 e. The van der Waals surface area contributed by atoms with Gasteiger partial charge in [0.25, 0.3) is 0 Å². The fourth-order valence-corrected chi connectivity index (χ4v) is 2.89. The summed E-state index contributed by atoms with van der Waals surface area (Å²) >= 11 is 6.70. The van der Waals surface area contributed by atoms with Crippen LogP contribution in [-0.2, 0) is 6.42 Å². The van der Waals surface area contributed by atoms with Gasteiger partial charge >= 0.3 is 0 Å². The molecule has 4 nitrogen and oxygen atoms in total. The summed E-state index contributed by atoms with van der Waals surface area (Å²) in [5.41, 5.74) is 1.21. The Labute approximate surface area is 102 Å². The molecule has 0 saturated heterocycles. The lowest BCUT2D eigenvalue weighted by Crippen LogP contribution is -1.86. The molecule has 1 aliphatic carbocycles. The fourth-order valence-electron chi connectivity index (χ4n) is 1.71.